The van der Waals surface area contributed by atoms with Gasteiger partial charge in [-0.3, -0.25) is 0 Å². The van der Waals surface area contributed by atoms with E-state index < -0.39 is 10.7 Å². The second-order valence-corrected chi connectivity index (χ2v) is 8.84. The van der Waals surface area contributed by atoms with E-state index >= 15 is 0 Å². The molecule has 0 amide bonds. The van der Waals surface area contributed by atoms with Crippen LogP contribution in [0.1, 0.15) is 35.3 Å². The summed E-state index contributed by atoms with van der Waals surface area (Å²) >= 11 is 1.83. The molecule has 6 heteroatoms. The van der Waals surface area contributed by atoms with Crippen molar-refractivity contribution in [3.63, 3.8) is 0 Å². The number of thioether (sulfide) groups is 1. The number of anilines is 1. The molecule has 0 saturated heterocycles. The predicted molar refractivity (Wildman–Crippen MR) is 146 cm³/mol. The van der Waals surface area contributed by atoms with Crippen molar-refractivity contribution in [3.05, 3.63) is 126 Å². The molecule has 0 aliphatic carbocycles. The zero-order valence-electron chi connectivity index (χ0n) is 20.2. The predicted octanol–water partition coefficient (Wildman–Crippen LogP) is 6.43. The van der Waals surface area contributed by atoms with Crippen molar-refractivity contribution in [2.24, 2.45) is 0 Å². The minimum atomic E-state index is -0.436. The highest BCUT2D eigenvalue weighted by atomic mass is 32.2. The molecule has 1 N–H and O–H groups in total. The molecule has 0 unspecified atom stereocenters. The van der Waals surface area contributed by atoms with Crippen molar-refractivity contribution < 1.29 is 9.53 Å². The number of hydrogen-bond donors (Lipinski definition) is 1. The zero-order chi connectivity index (χ0) is 24.9. The first-order valence-corrected chi connectivity index (χ1v) is 12.6. The van der Waals surface area contributed by atoms with Crippen LogP contribution in [0, 0.1) is 0 Å². The Balaban J connectivity index is 1.94. The lowest BCUT2D eigenvalue weighted by molar-refractivity contribution is 0.0526. The molecule has 1 aromatic heterocycles. The van der Waals surface area contributed by atoms with E-state index in [0.717, 1.165) is 11.3 Å². The summed E-state index contributed by atoms with van der Waals surface area (Å²) in [4.78, 5) is 20.5. The van der Waals surface area contributed by atoms with Gasteiger partial charge in [0.25, 0.3) is 0 Å². The molecule has 0 fully saturated rings. The maximum atomic E-state index is 12.3. The molecular formula is C29H31N3O2S. The minimum Gasteiger partial charge on any atom is -0.462 e. The van der Waals surface area contributed by atoms with E-state index in [1.165, 1.54) is 23.7 Å². The van der Waals surface area contributed by atoms with E-state index in [1.807, 2.05) is 30.0 Å². The summed E-state index contributed by atoms with van der Waals surface area (Å²) < 4.78 is 4.70. The van der Waals surface area contributed by atoms with Gasteiger partial charge in [0.15, 0.2) is 0 Å². The Morgan fingerprint density at radius 1 is 1.11 bits per heavy atom. The summed E-state index contributed by atoms with van der Waals surface area (Å²) in [6, 6.07) is 21.0. The number of carbonyl (C=O) groups is 1. The molecule has 0 aliphatic rings. The number of benzene rings is 2. The second-order valence-electron chi connectivity index (χ2n) is 7.53. The maximum Gasteiger partial charge on any atom is 0.343 e. The van der Waals surface area contributed by atoms with E-state index in [2.05, 4.69) is 89.5 Å². The summed E-state index contributed by atoms with van der Waals surface area (Å²) in [5.41, 5.74) is 3.87. The first-order chi connectivity index (χ1) is 17.2. The monoisotopic (exact) mass is 485 g/mol. The first-order valence-electron chi connectivity index (χ1n) is 11.6. The van der Waals surface area contributed by atoms with Crippen molar-refractivity contribution in [3.8, 4) is 0 Å². The quantitative estimate of drug-likeness (QED) is 0.181. The van der Waals surface area contributed by atoms with E-state index in [0.29, 0.717) is 24.5 Å². The molecule has 0 saturated carbocycles. The molecule has 2 aromatic carbocycles. The van der Waals surface area contributed by atoms with Crippen LogP contribution in [0.25, 0.3) is 0 Å². The van der Waals surface area contributed by atoms with Gasteiger partial charge in [0, 0.05) is 18.5 Å². The average molecular weight is 486 g/mol. The highest BCUT2D eigenvalue weighted by molar-refractivity contribution is 8.00. The van der Waals surface area contributed by atoms with Crippen LogP contribution >= 0.6 is 11.8 Å². The summed E-state index contributed by atoms with van der Waals surface area (Å²) in [6.07, 6.45) is 11.0. The lowest BCUT2D eigenvalue weighted by Gasteiger charge is -2.36. The molecule has 3 aromatic rings. The van der Waals surface area contributed by atoms with Crippen molar-refractivity contribution in [1.29, 1.82) is 0 Å². The van der Waals surface area contributed by atoms with Crippen LogP contribution in [0.15, 0.2) is 110 Å². The number of rotatable bonds is 12. The average Bonchev–Trinajstić information content (AvgIpc) is 2.91. The molecule has 0 bridgehead atoms. The van der Waals surface area contributed by atoms with Gasteiger partial charge in [-0.05, 0) is 30.5 Å². The Hall–Kier alpha value is -3.64. The third kappa shape index (κ3) is 6.28. The van der Waals surface area contributed by atoms with Crippen molar-refractivity contribution in [2.45, 2.75) is 18.6 Å². The summed E-state index contributed by atoms with van der Waals surface area (Å²) in [6.45, 7) is 8.59. The normalized spacial score (nSPS) is 11.9. The van der Waals surface area contributed by atoms with Crippen molar-refractivity contribution >= 4 is 23.5 Å². The van der Waals surface area contributed by atoms with Gasteiger partial charge in [0.05, 0.1) is 11.4 Å². The summed E-state index contributed by atoms with van der Waals surface area (Å²) in [5, 5.41) is 3.30. The molecule has 180 valence electrons. The van der Waals surface area contributed by atoms with E-state index in [4.69, 9.17) is 4.74 Å². The zero-order valence-corrected chi connectivity index (χ0v) is 21.0. The number of aromatic nitrogens is 2. The summed E-state index contributed by atoms with van der Waals surface area (Å²) in [5.74, 6) is 0.786. The molecule has 0 radical (unpaired) electrons. The van der Waals surface area contributed by atoms with Crippen LogP contribution in [0.5, 0.6) is 0 Å². The van der Waals surface area contributed by atoms with Gasteiger partial charge < -0.3 is 10.1 Å². The molecule has 0 aliphatic heterocycles. The second kappa shape index (κ2) is 13.3. The fraction of sp³-hybridized carbons (Fsp3) is 0.207. The molecule has 5 nitrogen and oxygen atoms in total. The van der Waals surface area contributed by atoms with Crippen molar-refractivity contribution in [1.82, 2.24) is 9.97 Å². The van der Waals surface area contributed by atoms with Crippen LogP contribution in [0.2, 0.25) is 0 Å². The topological polar surface area (TPSA) is 64.1 Å². The lowest BCUT2D eigenvalue weighted by atomic mass is 9.83. The first kappa shape index (κ1) is 26.0. The Labute approximate surface area is 212 Å². The van der Waals surface area contributed by atoms with Gasteiger partial charge in [-0.2, -0.15) is 0 Å². The molecule has 1 heterocycles. The van der Waals surface area contributed by atoms with E-state index in [-0.39, 0.29) is 0 Å². The Morgan fingerprint density at radius 2 is 1.77 bits per heavy atom. The minimum absolute atomic E-state index is 0.296. The maximum absolute atomic E-state index is 12.3. The molecule has 3 rings (SSSR count). The van der Waals surface area contributed by atoms with E-state index in [9.17, 15) is 4.79 Å². The van der Waals surface area contributed by atoms with Crippen molar-refractivity contribution in [2.75, 3.05) is 24.2 Å². The van der Waals surface area contributed by atoms with Gasteiger partial charge in [-0.25, -0.2) is 14.8 Å². The molecule has 0 atom stereocenters. The third-order valence-electron chi connectivity index (χ3n) is 5.41. The standard InChI is InChI=1S/C29H31N3O2S/c1-4-7-14-23(5-2)29(24-15-10-8-11-16-24,25-17-12-9-13-18-25)35-20-19-31-27-26(21-30-22-32-27)28(33)34-6-3/h4-5,7-18,21-22H,1,6,19-20H2,2-3H3,(H,30,31,32)/b14-7-,23-5+. The number of nitrogens with one attached hydrogen (secondary N) is 1. The highest BCUT2D eigenvalue weighted by Crippen LogP contribution is 2.49. The van der Waals surface area contributed by atoms with Gasteiger partial charge in [0.1, 0.15) is 17.7 Å². The molecule has 0 spiro atoms. The number of nitrogens with zero attached hydrogens (tertiary/aromatic N) is 2. The van der Waals surface area contributed by atoms with Crippen LogP contribution in [0.4, 0.5) is 5.82 Å². The fourth-order valence-corrected chi connectivity index (χ4v) is 5.35. The SMILES string of the molecule is C=C/C=C\C(=C/C)C(SCCNc1ncncc1C(=O)OCC)(c1ccccc1)c1ccccc1. The number of allylic oxidation sites excluding steroid dienone is 4. The number of ether oxygens (including phenoxy) is 1. The van der Waals surface area contributed by atoms with Gasteiger partial charge >= 0.3 is 5.97 Å². The largest absolute Gasteiger partial charge is 0.462 e. The summed E-state index contributed by atoms with van der Waals surface area (Å²) in [7, 11) is 0. The number of carbonyl (C=O) groups excluding carboxylic acids is 1. The van der Waals surface area contributed by atoms with Crippen LogP contribution in [-0.4, -0.2) is 34.8 Å². The van der Waals surface area contributed by atoms with Crippen LogP contribution < -0.4 is 5.32 Å². The Morgan fingerprint density at radius 3 is 2.34 bits per heavy atom. The Kier molecular flexibility index (Phi) is 9.87. The van der Waals surface area contributed by atoms with Crippen LogP contribution in [0.3, 0.4) is 0 Å². The molecular weight excluding hydrogens is 454 g/mol. The van der Waals surface area contributed by atoms with Gasteiger partial charge in [-0.1, -0.05) is 91.5 Å². The van der Waals surface area contributed by atoms with Crippen LogP contribution in [-0.2, 0) is 9.48 Å². The Bertz CT molecular complexity index is 1120. The highest BCUT2D eigenvalue weighted by Gasteiger charge is 2.37. The van der Waals surface area contributed by atoms with E-state index in [1.54, 1.807) is 13.0 Å². The number of esters is 1. The third-order valence-corrected chi connectivity index (χ3v) is 6.96. The van der Waals surface area contributed by atoms with Gasteiger partial charge in [-0.15, -0.1) is 11.8 Å². The number of hydrogen-bond acceptors (Lipinski definition) is 6. The smallest absolute Gasteiger partial charge is 0.343 e. The fourth-order valence-electron chi connectivity index (χ4n) is 3.89. The molecule has 35 heavy (non-hydrogen) atoms. The lowest BCUT2D eigenvalue weighted by Crippen LogP contribution is -2.27. The van der Waals surface area contributed by atoms with Gasteiger partial charge in [0.2, 0.25) is 0 Å².